The summed E-state index contributed by atoms with van der Waals surface area (Å²) in [7, 11) is 0. The molecule has 7 nitrogen and oxygen atoms in total. The summed E-state index contributed by atoms with van der Waals surface area (Å²) < 4.78 is 5.25. The fourth-order valence-corrected chi connectivity index (χ4v) is 3.12. The van der Waals surface area contributed by atoms with E-state index >= 15 is 0 Å². The maximum atomic E-state index is 11.9. The third kappa shape index (κ3) is 5.66. The molecular formula is C20H13Cl2N3O4S. The van der Waals surface area contributed by atoms with Crippen molar-refractivity contribution in [1.29, 1.82) is 0 Å². The van der Waals surface area contributed by atoms with Crippen LogP contribution >= 0.6 is 34.5 Å². The van der Waals surface area contributed by atoms with Gasteiger partial charge in [-0.15, -0.1) is 11.3 Å². The van der Waals surface area contributed by atoms with Crippen molar-refractivity contribution in [2.45, 2.75) is 0 Å². The summed E-state index contributed by atoms with van der Waals surface area (Å²) in [4.78, 5) is 36.2. The van der Waals surface area contributed by atoms with Crippen LogP contribution in [0.15, 0.2) is 65.1 Å². The first-order valence-electron chi connectivity index (χ1n) is 8.38. The lowest BCUT2D eigenvalue weighted by Crippen LogP contribution is -2.32. The molecule has 0 bridgehead atoms. The molecule has 30 heavy (non-hydrogen) atoms. The van der Waals surface area contributed by atoms with Gasteiger partial charge in [-0.2, -0.15) is 5.10 Å². The number of anilines is 1. The molecular weight excluding hydrogens is 449 g/mol. The van der Waals surface area contributed by atoms with Gasteiger partial charge in [0.05, 0.1) is 21.9 Å². The fraction of sp³-hybridized carbons (Fsp3) is 0. The second kappa shape index (κ2) is 10.0. The molecule has 10 heteroatoms. The number of hydrogen-bond acceptors (Lipinski definition) is 6. The lowest BCUT2D eigenvalue weighted by molar-refractivity contribution is -0.136. The largest absolute Gasteiger partial charge is 0.422 e. The van der Waals surface area contributed by atoms with E-state index in [2.05, 4.69) is 15.8 Å². The van der Waals surface area contributed by atoms with Crippen molar-refractivity contribution >= 4 is 64.2 Å². The van der Waals surface area contributed by atoms with Crippen molar-refractivity contribution < 1.29 is 19.1 Å². The van der Waals surface area contributed by atoms with Crippen LogP contribution in [0.5, 0.6) is 5.75 Å². The Kier molecular flexibility index (Phi) is 7.18. The molecule has 2 aromatic carbocycles. The minimum Gasteiger partial charge on any atom is -0.422 e. The second-order valence-corrected chi connectivity index (χ2v) is 7.42. The van der Waals surface area contributed by atoms with E-state index in [-0.39, 0.29) is 15.7 Å². The Morgan fingerprint density at radius 3 is 2.43 bits per heavy atom. The van der Waals surface area contributed by atoms with Crippen LogP contribution in [0.3, 0.4) is 0 Å². The first-order valence-corrected chi connectivity index (χ1v) is 10.0. The molecule has 1 heterocycles. The SMILES string of the molecule is O=C(N/N=C\c1ccc(OC(=O)c2cccs2)cc1)C(=O)Nc1cccc(Cl)c1Cl. The molecule has 1 aromatic heterocycles. The van der Waals surface area contributed by atoms with Gasteiger partial charge in [-0.25, -0.2) is 10.2 Å². The van der Waals surface area contributed by atoms with E-state index in [1.165, 1.54) is 23.6 Å². The van der Waals surface area contributed by atoms with Crippen LogP contribution in [0.25, 0.3) is 0 Å². The monoisotopic (exact) mass is 461 g/mol. The highest BCUT2D eigenvalue weighted by Crippen LogP contribution is 2.29. The summed E-state index contributed by atoms with van der Waals surface area (Å²) in [6.07, 6.45) is 1.34. The molecule has 0 fully saturated rings. The Morgan fingerprint density at radius 2 is 1.73 bits per heavy atom. The number of carbonyl (C=O) groups excluding carboxylic acids is 3. The van der Waals surface area contributed by atoms with Crippen molar-refractivity contribution in [1.82, 2.24) is 5.43 Å². The zero-order valence-corrected chi connectivity index (χ0v) is 17.4. The van der Waals surface area contributed by atoms with Crippen LogP contribution in [0.1, 0.15) is 15.2 Å². The standard InChI is InChI=1S/C20H13Cl2N3O4S/c21-14-3-1-4-15(17(14)22)24-18(26)19(27)25-23-11-12-6-8-13(9-7-12)29-20(28)16-5-2-10-30-16/h1-11H,(H,24,26)(H,25,27)/b23-11-. The van der Waals surface area contributed by atoms with Gasteiger partial charge < -0.3 is 10.1 Å². The maximum Gasteiger partial charge on any atom is 0.353 e. The number of ether oxygens (including phenoxy) is 1. The van der Waals surface area contributed by atoms with Crippen LogP contribution in [0, 0.1) is 0 Å². The van der Waals surface area contributed by atoms with E-state index in [0.29, 0.717) is 16.2 Å². The average Bonchev–Trinajstić information content (AvgIpc) is 3.27. The molecule has 3 rings (SSSR count). The van der Waals surface area contributed by atoms with Gasteiger partial charge in [-0.05, 0) is 53.4 Å². The van der Waals surface area contributed by atoms with Crippen molar-refractivity contribution in [2.24, 2.45) is 5.10 Å². The van der Waals surface area contributed by atoms with Crippen LogP contribution in [0.2, 0.25) is 10.0 Å². The third-order valence-corrected chi connectivity index (χ3v) is 5.27. The number of nitrogens with one attached hydrogen (secondary N) is 2. The van der Waals surface area contributed by atoms with Gasteiger partial charge in [0.15, 0.2) is 0 Å². The molecule has 0 spiro atoms. The summed E-state index contributed by atoms with van der Waals surface area (Å²) in [6, 6.07) is 14.5. The van der Waals surface area contributed by atoms with Crippen LogP contribution in [-0.4, -0.2) is 24.0 Å². The van der Waals surface area contributed by atoms with Crippen LogP contribution in [0.4, 0.5) is 5.69 Å². The summed E-state index contributed by atoms with van der Waals surface area (Å²) in [5, 5.41) is 8.23. The van der Waals surface area contributed by atoms with Gasteiger partial charge in [0.2, 0.25) is 0 Å². The number of hydrazone groups is 1. The predicted octanol–water partition coefficient (Wildman–Crippen LogP) is 4.36. The van der Waals surface area contributed by atoms with Crippen molar-refractivity contribution in [3.8, 4) is 5.75 Å². The van der Waals surface area contributed by atoms with Gasteiger partial charge in [-0.1, -0.05) is 35.3 Å². The number of esters is 1. The van der Waals surface area contributed by atoms with Crippen molar-refractivity contribution in [3.63, 3.8) is 0 Å². The number of thiophene rings is 1. The summed E-state index contributed by atoms with van der Waals surface area (Å²) in [5.74, 6) is -2.01. The Hall–Kier alpha value is -3.20. The molecule has 0 saturated heterocycles. The molecule has 0 saturated carbocycles. The molecule has 0 atom stereocenters. The number of benzene rings is 2. The molecule has 0 aliphatic heterocycles. The van der Waals surface area contributed by atoms with E-state index < -0.39 is 17.8 Å². The predicted molar refractivity (Wildman–Crippen MR) is 117 cm³/mol. The summed E-state index contributed by atoms with van der Waals surface area (Å²) in [5.41, 5.74) is 2.93. The molecule has 0 aliphatic rings. The quantitative estimate of drug-likeness (QED) is 0.194. The van der Waals surface area contributed by atoms with E-state index in [1.807, 2.05) is 0 Å². The average molecular weight is 462 g/mol. The van der Waals surface area contributed by atoms with Gasteiger partial charge in [0.1, 0.15) is 10.6 Å². The Bertz CT molecular complexity index is 1100. The molecule has 3 aromatic rings. The molecule has 2 N–H and O–H groups in total. The van der Waals surface area contributed by atoms with Crippen molar-refractivity contribution in [3.05, 3.63) is 80.5 Å². The zero-order valence-electron chi connectivity index (χ0n) is 15.1. The minimum absolute atomic E-state index is 0.128. The Morgan fingerprint density at radius 1 is 0.967 bits per heavy atom. The second-order valence-electron chi connectivity index (χ2n) is 5.69. The van der Waals surface area contributed by atoms with E-state index in [4.69, 9.17) is 27.9 Å². The number of rotatable bonds is 5. The van der Waals surface area contributed by atoms with Gasteiger partial charge in [0, 0.05) is 0 Å². The Labute approximate surface area is 185 Å². The number of amides is 2. The first kappa shape index (κ1) is 21.5. The number of nitrogens with zero attached hydrogens (tertiary/aromatic N) is 1. The highest BCUT2D eigenvalue weighted by Gasteiger charge is 2.15. The normalized spacial score (nSPS) is 10.6. The van der Waals surface area contributed by atoms with Crippen LogP contribution in [-0.2, 0) is 9.59 Å². The first-order chi connectivity index (χ1) is 14.4. The van der Waals surface area contributed by atoms with Crippen molar-refractivity contribution in [2.75, 3.05) is 5.32 Å². The number of carbonyl (C=O) groups is 3. The highest BCUT2D eigenvalue weighted by atomic mass is 35.5. The number of halogens is 2. The van der Waals surface area contributed by atoms with Gasteiger partial charge in [-0.3, -0.25) is 9.59 Å². The molecule has 0 aliphatic carbocycles. The maximum absolute atomic E-state index is 11.9. The topological polar surface area (TPSA) is 96.9 Å². The molecule has 0 radical (unpaired) electrons. The Balaban J connectivity index is 1.52. The summed E-state index contributed by atoms with van der Waals surface area (Å²) >= 11 is 13.1. The third-order valence-electron chi connectivity index (χ3n) is 3.60. The van der Waals surface area contributed by atoms with E-state index in [0.717, 1.165) is 0 Å². The van der Waals surface area contributed by atoms with Gasteiger partial charge in [0.25, 0.3) is 0 Å². The molecule has 0 unspecified atom stereocenters. The zero-order chi connectivity index (χ0) is 21.5. The molecule has 2 amide bonds. The highest BCUT2D eigenvalue weighted by molar-refractivity contribution is 7.12. The number of hydrogen-bond donors (Lipinski definition) is 2. The smallest absolute Gasteiger partial charge is 0.353 e. The van der Waals surface area contributed by atoms with Gasteiger partial charge >= 0.3 is 17.8 Å². The molecule has 152 valence electrons. The lowest BCUT2D eigenvalue weighted by Gasteiger charge is -2.06. The summed E-state index contributed by atoms with van der Waals surface area (Å²) in [6.45, 7) is 0. The van der Waals surface area contributed by atoms with E-state index in [9.17, 15) is 14.4 Å². The minimum atomic E-state index is -0.983. The van der Waals surface area contributed by atoms with E-state index in [1.54, 1.807) is 53.9 Å². The lowest BCUT2D eigenvalue weighted by atomic mass is 10.2. The fourth-order valence-electron chi connectivity index (χ4n) is 2.17. The van der Waals surface area contributed by atoms with Crippen LogP contribution < -0.4 is 15.5 Å².